The number of nitrogens with zero attached hydrogens (tertiary/aromatic N) is 2. The quantitative estimate of drug-likeness (QED) is 0.795. The van der Waals surface area contributed by atoms with Gasteiger partial charge in [-0.25, -0.2) is 0 Å². The molecule has 1 aliphatic heterocycles. The van der Waals surface area contributed by atoms with E-state index >= 15 is 0 Å². The summed E-state index contributed by atoms with van der Waals surface area (Å²) in [5.41, 5.74) is 4.70. The molecule has 6 nitrogen and oxygen atoms in total. The molecule has 148 valence electrons. The van der Waals surface area contributed by atoms with Crippen LogP contribution < -0.4 is 10.2 Å². The maximum absolute atomic E-state index is 12.4. The van der Waals surface area contributed by atoms with Crippen LogP contribution in [-0.2, 0) is 16.0 Å². The molecule has 0 aliphatic carbocycles. The number of piperazine rings is 1. The molecule has 2 N–H and O–H groups in total. The second-order valence-electron chi connectivity index (χ2n) is 7.17. The van der Waals surface area contributed by atoms with Gasteiger partial charge in [0.1, 0.15) is 5.75 Å². The van der Waals surface area contributed by atoms with Gasteiger partial charge in [-0.3, -0.25) is 9.59 Å². The van der Waals surface area contributed by atoms with Crippen LogP contribution in [0.2, 0.25) is 0 Å². The van der Waals surface area contributed by atoms with Crippen LogP contribution in [0.1, 0.15) is 16.7 Å². The maximum Gasteiger partial charge on any atom is 0.312 e. The number of benzene rings is 2. The van der Waals surface area contributed by atoms with Crippen LogP contribution in [0.15, 0.2) is 42.5 Å². The van der Waals surface area contributed by atoms with Gasteiger partial charge in [-0.15, -0.1) is 0 Å². The lowest BCUT2D eigenvalue weighted by Crippen LogP contribution is -2.53. The highest BCUT2D eigenvalue weighted by Crippen LogP contribution is 2.23. The van der Waals surface area contributed by atoms with Crippen LogP contribution >= 0.6 is 0 Å². The summed E-state index contributed by atoms with van der Waals surface area (Å²) in [5, 5.41) is 12.0. The molecule has 0 unspecified atom stereocenters. The molecule has 0 spiro atoms. The molecule has 6 heteroatoms. The Labute approximate surface area is 165 Å². The van der Waals surface area contributed by atoms with E-state index in [1.54, 1.807) is 29.2 Å². The third-order valence-corrected chi connectivity index (χ3v) is 5.31. The number of aryl methyl sites for hydroxylation is 1. The molecule has 0 aromatic heterocycles. The molecular weight excluding hydrogens is 354 g/mol. The number of nitrogens with one attached hydrogen (secondary N) is 1. The van der Waals surface area contributed by atoms with E-state index in [1.165, 1.54) is 16.8 Å². The minimum absolute atomic E-state index is 0.211. The van der Waals surface area contributed by atoms with Gasteiger partial charge in [0, 0.05) is 38.4 Å². The number of anilines is 1. The maximum atomic E-state index is 12.4. The Hall–Kier alpha value is -3.02. The lowest BCUT2D eigenvalue weighted by Gasteiger charge is -2.36. The molecule has 2 aromatic rings. The highest BCUT2D eigenvalue weighted by Gasteiger charge is 2.26. The van der Waals surface area contributed by atoms with Crippen LogP contribution in [-0.4, -0.2) is 54.5 Å². The zero-order valence-corrected chi connectivity index (χ0v) is 16.4. The molecule has 2 amide bonds. The van der Waals surface area contributed by atoms with Crippen molar-refractivity contribution in [2.45, 2.75) is 20.3 Å². The lowest BCUT2D eigenvalue weighted by molar-refractivity contribution is -0.146. The number of carbonyl (C=O) groups is 2. The number of amides is 2. The topological polar surface area (TPSA) is 72.9 Å². The fourth-order valence-corrected chi connectivity index (χ4v) is 3.43. The van der Waals surface area contributed by atoms with Gasteiger partial charge in [-0.05, 0) is 55.2 Å². The van der Waals surface area contributed by atoms with E-state index in [2.05, 4.69) is 42.3 Å². The van der Waals surface area contributed by atoms with Gasteiger partial charge in [0.2, 0.25) is 0 Å². The van der Waals surface area contributed by atoms with Crippen molar-refractivity contribution in [3.8, 4) is 5.75 Å². The van der Waals surface area contributed by atoms with Crippen molar-refractivity contribution < 1.29 is 14.7 Å². The standard InChI is InChI=1S/C22H27N3O3/c1-16-4-3-5-20(17(16)2)24-12-14-25(15-13-24)22(28)21(27)23-11-10-18-6-8-19(26)9-7-18/h3-9,26H,10-15H2,1-2H3,(H,23,27). The first kappa shape index (κ1) is 19.7. The van der Waals surface area contributed by atoms with Crippen LogP contribution in [0.3, 0.4) is 0 Å². The van der Waals surface area contributed by atoms with Gasteiger partial charge in [-0.1, -0.05) is 24.3 Å². The van der Waals surface area contributed by atoms with Crippen molar-refractivity contribution in [3.63, 3.8) is 0 Å². The van der Waals surface area contributed by atoms with Crippen LogP contribution in [0.25, 0.3) is 0 Å². The van der Waals surface area contributed by atoms with Crippen LogP contribution in [0.4, 0.5) is 5.69 Å². The van der Waals surface area contributed by atoms with E-state index in [1.807, 2.05) is 0 Å². The van der Waals surface area contributed by atoms with Gasteiger partial charge in [0.15, 0.2) is 0 Å². The second-order valence-corrected chi connectivity index (χ2v) is 7.17. The Morgan fingerprint density at radius 2 is 1.68 bits per heavy atom. The minimum atomic E-state index is -0.557. The molecule has 0 atom stereocenters. The summed E-state index contributed by atoms with van der Waals surface area (Å²) in [4.78, 5) is 28.5. The van der Waals surface area contributed by atoms with Crippen LogP contribution in [0.5, 0.6) is 5.75 Å². The average molecular weight is 381 g/mol. The zero-order chi connectivity index (χ0) is 20.1. The molecule has 3 rings (SSSR count). The molecule has 0 radical (unpaired) electrons. The highest BCUT2D eigenvalue weighted by molar-refractivity contribution is 6.35. The molecule has 1 fully saturated rings. The molecule has 1 heterocycles. The van der Waals surface area contributed by atoms with E-state index in [0.717, 1.165) is 18.7 Å². The van der Waals surface area contributed by atoms with Crippen molar-refractivity contribution in [2.24, 2.45) is 0 Å². The molecule has 0 bridgehead atoms. The smallest absolute Gasteiger partial charge is 0.312 e. The summed E-state index contributed by atoms with van der Waals surface area (Å²) in [7, 11) is 0. The van der Waals surface area contributed by atoms with Crippen molar-refractivity contribution in [1.29, 1.82) is 0 Å². The van der Waals surface area contributed by atoms with Crippen molar-refractivity contribution in [1.82, 2.24) is 10.2 Å². The Bertz CT molecular complexity index is 841. The summed E-state index contributed by atoms with van der Waals surface area (Å²) in [6.07, 6.45) is 0.611. The summed E-state index contributed by atoms with van der Waals surface area (Å²) in [5.74, 6) is -0.812. The van der Waals surface area contributed by atoms with Crippen molar-refractivity contribution in [3.05, 3.63) is 59.2 Å². The first-order valence-corrected chi connectivity index (χ1v) is 9.62. The summed E-state index contributed by atoms with van der Waals surface area (Å²) < 4.78 is 0. The van der Waals surface area contributed by atoms with E-state index in [0.29, 0.717) is 26.1 Å². The van der Waals surface area contributed by atoms with E-state index in [4.69, 9.17) is 0 Å². The van der Waals surface area contributed by atoms with E-state index < -0.39 is 11.8 Å². The van der Waals surface area contributed by atoms with Gasteiger partial charge >= 0.3 is 11.8 Å². The van der Waals surface area contributed by atoms with Crippen molar-refractivity contribution in [2.75, 3.05) is 37.6 Å². The number of phenols is 1. The fraction of sp³-hybridized carbons (Fsp3) is 0.364. The predicted molar refractivity (Wildman–Crippen MR) is 110 cm³/mol. The first-order valence-electron chi connectivity index (χ1n) is 9.62. The fourth-order valence-electron chi connectivity index (χ4n) is 3.43. The summed E-state index contributed by atoms with van der Waals surface area (Å²) in [6.45, 7) is 7.12. The number of rotatable bonds is 4. The zero-order valence-electron chi connectivity index (χ0n) is 16.4. The van der Waals surface area contributed by atoms with Crippen LogP contribution in [0, 0.1) is 13.8 Å². The largest absolute Gasteiger partial charge is 0.508 e. The Morgan fingerprint density at radius 1 is 1.00 bits per heavy atom. The van der Waals surface area contributed by atoms with Gasteiger partial charge in [0.05, 0.1) is 0 Å². The SMILES string of the molecule is Cc1cccc(N2CCN(C(=O)C(=O)NCCc3ccc(O)cc3)CC2)c1C. The number of aromatic hydroxyl groups is 1. The Balaban J connectivity index is 1.47. The third-order valence-electron chi connectivity index (χ3n) is 5.31. The van der Waals surface area contributed by atoms with Gasteiger partial charge < -0.3 is 20.2 Å². The van der Waals surface area contributed by atoms with Gasteiger partial charge in [0.25, 0.3) is 0 Å². The first-order chi connectivity index (χ1) is 13.5. The minimum Gasteiger partial charge on any atom is -0.508 e. The average Bonchev–Trinajstić information content (AvgIpc) is 2.71. The number of hydrogen-bond donors (Lipinski definition) is 2. The Kier molecular flexibility index (Phi) is 6.19. The lowest BCUT2D eigenvalue weighted by atomic mass is 10.1. The number of carbonyl (C=O) groups excluding carboxylic acids is 2. The summed E-state index contributed by atoms with van der Waals surface area (Å²) in [6, 6.07) is 13.1. The molecule has 1 saturated heterocycles. The second kappa shape index (κ2) is 8.78. The molecule has 2 aromatic carbocycles. The molecule has 28 heavy (non-hydrogen) atoms. The van der Waals surface area contributed by atoms with E-state index in [9.17, 15) is 14.7 Å². The normalized spacial score (nSPS) is 14.1. The van der Waals surface area contributed by atoms with E-state index in [-0.39, 0.29) is 5.75 Å². The predicted octanol–water partition coefficient (Wildman–Crippen LogP) is 2.02. The highest BCUT2D eigenvalue weighted by atomic mass is 16.3. The monoisotopic (exact) mass is 381 g/mol. The summed E-state index contributed by atoms with van der Waals surface area (Å²) >= 11 is 0. The van der Waals surface area contributed by atoms with Gasteiger partial charge in [-0.2, -0.15) is 0 Å². The Morgan fingerprint density at radius 3 is 2.36 bits per heavy atom. The molecular formula is C22H27N3O3. The van der Waals surface area contributed by atoms with Crippen molar-refractivity contribution >= 4 is 17.5 Å². The number of hydrogen-bond acceptors (Lipinski definition) is 4. The number of phenolic OH excluding ortho intramolecular Hbond substituents is 1. The molecule has 0 saturated carbocycles. The third kappa shape index (κ3) is 4.63. The molecule has 1 aliphatic rings.